The zero-order valence-electron chi connectivity index (χ0n) is 10.3. The minimum Gasteiger partial charge on any atom is -0.478 e. The van der Waals surface area contributed by atoms with E-state index in [9.17, 15) is 18.3 Å². The van der Waals surface area contributed by atoms with Crippen molar-refractivity contribution < 1.29 is 18.3 Å². The zero-order chi connectivity index (χ0) is 15.1. The van der Waals surface area contributed by atoms with Gasteiger partial charge in [0.05, 0.1) is 4.88 Å². The van der Waals surface area contributed by atoms with Crippen molar-refractivity contribution in [2.75, 3.05) is 6.26 Å². The van der Waals surface area contributed by atoms with Crippen LogP contribution in [0.5, 0.6) is 0 Å². The molecule has 0 aliphatic carbocycles. The molecule has 0 aliphatic heterocycles. The summed E-state index contributed by atoms with van der Waals surface area (Å²) in [5, 5.41) is 14.0. The second kappa shape index (κ2) is 5.40. The van der Waals surface area contributed by atoms with E-state index in [1.807, 2.05) is 0 Å². The van der Waals surface area contributed by atoms with Gasteiger partial charge < -0.3 is 5.11 Å². The molecule has 0 aliphatic rings. The third-order valence-corrected chi connectivity index (χ3v) is 6.50. The Kier molecular flexibility index (Phi) is 4.14. The van der Waals surface area contributed by atoms with Crippen LogP contribution in [0.1, 0.15) is 10.4 Å². The average molecular weight is 353 g/mol. The first-order valence-corrected chi connectivity index (χ1v) is 9.50. The molecule has 2 heterocycles. The molecule has 108 valence electrons. The number of rotatable bonds is 4. The third kappa shape index (κ3) is 2.71. The summed E-state index contributed by atoms with van der Waals surface area (Å²) >= 11 is 2.15. The number of carboxylic acids is 1. The van der Waals surface area contributed by atoms with Gasteiger partial charge in [-0.05, 0) is 18.4 Å². The summed E-state index contributed by atoms with van der Waals surface area (Å²) in [7, 11) is 3.07. The van der Waals surface area contributed by atoms with Gasteiger partial charge in [-0.2, -0.15) is 5.10 Å². The van der Waals surface area contributed by atoms with Crippen molar-refractivity contribution >= 4 is 48.8 Å². The first-order valence-electron chi connectivity index (χ1n) is 5.15. The zero-order valence-corrected chi connectivity index (χ0v) is 13.5. The van der Waals surface area contributed by atoms with Crippen LogP contribution < -0.4 is 0 Å². The number of thiophene rings is 1. The van der Waals surface area contributed by atoms with Gasteiger partial charge >= 0.3 is 5.97 Å². The van der Waals surface area contributed by atoms with E-state index in [0.717, 1.165) is 11.3 Å². The molecule has 0 amide bonds. The molecule has 0 fully saturated rings. The van der Waals surface area contributed by atoms with Gasteiger partial charge in [0.25, 0.3) is 9.05 Å². The molecule has 10 heteroatoms. The topological polar surface area (TPSA) is 89.3 Å². The Morgan fingerprint density at radius 1 is 1.50 bits per heavy atom. The van der Waals surface area contributed by atoms with Crippen molar-refractivity contribution in [3.63, 3.8) is 0 Å². The van der Waals surface area contributed by atoms with Gasteiger partial charge in [0.1, 0.15) is 20.5 Å². The van der Waals surface area contributed by atoms with Crippen LogP contribution in [0.4, 0.5) is 0 Å². The van der Waals surface area contributed by atoms with E-state index in [4.69, 9.17) is 10.7 Å². The number of aromatic carboxylic acids is 1. The normalized spacial score (nSPS) is 11.8. The SMILES string of the molecule is CSc1c(C(=O)O)c(-c2ccc(S(=O)(=O)Cl)s2)nn1C. The maximum absolute atomic E-state index is 11.4. The summed E-state index contributed by atoms with van der Waals surface area (Å²) in [5.74, 6) is -1.11. The van der Waals surface area contributed by atoms with Gasteiger partial charge in [-0.1, -0.05) is 0 Å². The first kappa shape index (κ1) is 15.4. The molecule has 20 heavy (non-hydrogen) atoms. The summed E-state index contributed by atoms with van der Waals surface area (Å²) in [5.41, 5.74) is 0.293. The maximum Gasteiger partial charge on any atom is 0.340 e. The summed E-state index contributed by atoms with van der Waals surface area (Å²) < 4.78 is 23.9. The summed E-state index contributed by atoms with van der Waals surface area (Å²) in [6, 6.07) is 2.83. The average Bonchev–Trinajstić information content (AvgIpc) is 2.91. The molecule has 0 atom stereocenters. The lowest BCUT2D eigenvalue weighted by molar-refractivity contribution is 0.0693. The lowest BCUT2D eigenvalue weighted by Crippen LogP contribution is -1.99. The second-order valence-electron chi connectivity index (χ2n) is 3.72. The lowest BCUT2D eigenvalue weighted by Gasteiger charge is -1.98. The number of nitrogens with zero attached hydrogens (tertiary/aromatic N) is 2. The molecule has 0 aromatic carbocycles. The van der Waals surface area contributed by atoms with Gasteiger partial charge in [-0.15, -0.1) is 23.1 Å². The molecule has 1 N–H and O–H groups in total. The van der Waals surface area contributed by atoms with Crippen LogP contribution in [-0.2, 0) is 16.1 Å². The van der Waals surface area contributed by atoms with Crippen LogP contribution in [0.15, 0.2) is 21.4 Å². The quantitative estimate of drug-likeness (QED) is 0.671. The number of aromatic nitrogens is 2. The third-order valence-electron chi connectivity index (χ3n) is 2.46. The Morgan fingerprint density at radius 3 is 2.60 bits per heavy atom. The summed E-state index contributed by atoms with van der Waals surface area (Å²) in [4.78, 5) is 11.8. The van der Waals surface area contributed by atoms with Crippen LogP contribution in [-0.4, -0.2) is 35.5 Å². The standard InChI is InChI=1S/C10H9ClN2O4S3/c1-13-9(18-2)7(10(14)15)8(12-13)5-3-4-6(19-5)20(11,16)17/h3-4H,1-2H3,(H,14,15). The Bertz CT molecular complexity index is 779. The summed E-state index contributed by atoms with van der Waals surface area (Å²) in [6.07, 6.45) is 1.75. The molecule has 2 aromatic heterocycles. The minimum absolute atomic E-state index is 0.0399. The van der Waals surface area contributed by atoms with Crippen molar-refractivity contribution in [3.05, 3.63) is 17.7 Å². The largest absolute Gasteiger partial charge is 0.478 e. The van der Waals surface area contributed by atoms with E-state index >= 15 is 0 Å². The highest BCUT2D eigenvalue weighted by Gasteiger charge is 2.25. The molecule has 0 saturated carbocycles. The number of halogens is 1. The van der Waals surface area contributed by atoms with E-state index in [-0.39, 0.29) is 15.5 Å². The number of carbonyl (C=O) groups is 1. The van der Waals surface area contributed by atoms with Crippen molar-refractivity contribution in [3.8, 4) is 10.6 Å². The van der Waals surface area contributed by atoms with Crippen molar-refractivity contribution in [2.24, 2.45) is 7.05 Å². The predicted molar refractivity (Wildman–Crippen MR) is 78.3 cm³/mol. The number of aryl methyl sites for hydroxylation is 1. The summed E-state index contributed by atoms with van der Waals surface area (Å²) in [6.45, 7) is 0. The number of carboxylic acid groups (broad SMARTS) is 1. The Balaban J connectivity index is 2.64. The fourth-order valence-corrected chi connectivity index (χ4v) is 4.44. The number of thioether (sulfide) groups is 1. The highest BCUT2D eigenvalue weighted by atomic mass is 35.7. The van der Waals surface area contributed by atoms with Crippen LogP contribution in [0.25, 0.3) is 10.6 Å². The van der Waals surface area contributed by atoms with Crippen LogP contribution in [0.2, 0.25) is 0 Å². The molecule has 2 aromatic rings. The van der Waals surface area contributed by atoms with Gasteiger partial charge in [0, 0.05) is 17.7 Å². The highest BCUT2D eigenvalue weighted by molar-refractivity contribution is 8.15. The van der Waals surface area contributed by atoms with E-state index in [0.29, 0.717) is 9.90 Å². The number of hydrogen-bond donors (Lipinski definition) is 1. The monoisotopic (exact) mass is 352 g/mol. The number of hydrogen-bond acceptors (Lipinski definition) is 6. The molecule has 0 unspecified atom stereocenters. The molecule has 0 spiro atoms. The van der Waals surface area contributed by atoms with Gasteiger partial charge in [0.15, 0.2) is 0 Å². The van der Waals surface area contributed by atoms with Crippen LogP contribution in [0.3, 0.4) is 0 Å². The fourth-order valence-electron chi connectivity index (χ4n) is 1.69. The molecule has 0 saturated heterocycles. The van der Waals surface area contributed by atoms with Gasteiger partial charge in [-0.25, -0.2) is 13.2 Å². The van der Waals surface area contributed by atoms with Crippen molar-refractivity contribution in [1.82, 2.24) is 9.78 Å². The first-order chi connectivity index (χ1) is 9.25. The lowest BCUT2D eigenvalue weighted by atomic mass is 10.2. The van der Waals surface area contributed by atoms with Crippen molar-refractivity contribution in [1.29, 1.82) is 0 Å². The van der Waals surface area contributed by atoms with Crippen LogP contribution in [0, 0.1) is 0 Å². The van der Waals surface area contributed by atoms with E-state index < -0.39 is 15.0 Å². The second-order valence-corrected chi connectivity index (χ2v) is 8.39. The minimum atomic E-state index is -3.83. The van der Waals surface area contributed by atoms with E-state index in [2.05, 4.69) is 5.10 Å². The van der Waals surface area contributed by atoms with E-state index in [1.165, 1.54) is 28.6 Å². The predicted octanol–water partition coefficient (Wildman–Crippen LogP) is 2.50. The fraction of sp³-hybridized carbons (Fsp3) is 0.200. The maximum atomic E-state index is 11.4. The molecular formula is C10H9ClN2O4S3. The Labute approximate surface area is 127 Å². The van der Waals surface area contributed by atoms with Gasteiger partial charge in [-0.3, -0.25) is 4.68 Å². The Hall–Kier alpha value is -1.03. The smallest absolute Gasteiger partial charge is 0.340 e. The Morgan fingerprint density at radius 2 is 2.15 bits per heavy atom. The van der Waals surface area contributed by atoms with E-state index in [1.54, 1.807) is 13.3 Å². The van der Waals surface area contributed by atoms with Crippen molar-refractivity contribution in [2.45, 2.75) is 9.24 Å². The van der Waals surface area contributed by atoms with Gasteiger partial charge in [0.2, 0.25) is 0 Å². The van der Waals surface area contributed by atoms with Crippen LogP contribution >= 0.6 is 33.8 Å². The highest BCUT2D eigenvalue weighted by Crippen LogP contribution is 2.36. The molecule has 0 radical (unpaired) electrons. The molecule has 0 bridgehead atoms. The molecular weight excluding hydrogens is 344 g/mol. The molecule has 6 nitrogen and oxygen atoms in total. The molecule has 2 rings (SSSR count).